The Morgan fingerprint density at radius 1 is 0.859 bits per heavy atom. The van der Waals surface area contributed by atoms with Crippen LogP contribution in [-0.2, 0) is 19.2 Å². The average molecular weight is 890 g/mol. The molecule has 6 heterocycles. The van der Waals surface area contributed by atoms with Crippen molar-refractivity contribution in [2.75, 3.05) is 50.7 Å². The van der Waals surface area contributed by atoms with E-state index in [0.717, 1.165) is 87.8 Å². The van der Waals surface area contributed by atoms with E-state index in [1.165, 1.54) is 31.0 Å². The maximum absolute atomic E-state index is 13.4. The zero-order valence-corrected chi connectivity index (χ0v) is 36.3. The second-order valence-electron chi connectivity index (χ2n) is 17.7. The number of carbonyl (C=O) groups is 5. The molecule has 10 rings (SSSR count). The van der Waals surface area contributed by atoms with Crippen molar-refractivity contribution in [1.29, 1.82) is 5.26 Å². The van der Waals surface area contributed by atoms with E-state index in [1.54, 1.807) is 24.3 Å². The van der Waals surface area contributed by atoms with Gasteiger partial charge in [0.2, 0.25) is 11.8 Å². The number of anilines is 1. The number of hydrogen-bond acceptors (Lipinski definition) is 13. The zero-order valence-electron chi connectivity index (χ0n) is 35.5. The van der Waals surface area contributed by atoms with Crippen LogP contribution >= 0.6 is 11.6 Å². The summed E-state index contributed by atoms with van der Waals surface area (Å²) in [5, 5.41) is 11.9. The Bertz CT molecular complexity index is 2360. The van der Waals surface area contributed by atoms with Gasteiger partial charge < -0.3 is 30.0 Å². The first-order valence-electron chi connectivity index (χ1n) is 22.2. The van der Waals surface area contributed by atoms with Crippen molar-refractivity contribution < 1.29 is 33.5 Å². The Hall–Kier alpha value is -6.31. The van der Waals surface area contributed by atoms with Gasteiger partial charge >= 0.3 is 0 Å². The van der Waals surface area contributed by atoms with Gasteiger partial charge in [0.15, 0.2) is 0 Å². The minimum Gasteiger partial charge on any atom is -0.490 e. The van der Waals surface area contributed by atoms with Crippen molar-refractivity contribution in [1.82, 2.24) is 30.4 Å². The standard InChI is InChI=1S/C42H46ClN7O5.C5H6N2O2/c43-36-22-33(8-4-26(36)23-44)55-32-9-5-29(6-10-32)49-14-2-1-3-39(49)47-17-15-46(16-18-47)31-19-27-24-48(25-28(27)20-31)30-7-11-34-35(21-30)42(54)50(41(34)53)37-12-13-38(51)45-40(37)52;6-5(8)4-2-1-3-9-7-4/h1-4,7-8,11,21-22,27-29,31-32,37H,5-6,9-10,12-20,24-25H2,(H,45,51,52);1-3,7H,(H2,6,8)/t27-,28+,29?,31?,32?,37?;. The fraction of sp³-hybridized carbons (Fsp3) is 0.447. The second-order valence-corrected chi connectivity index (χ2v) is 18.1. The summed E-state index contributed by atoms with van der Waals surface area (Å²) in [5.41, 5.74) is 9.54. The van der Waals surface area contributed by atoms with Crippen LogP contribution in [0.2, 0.25) is 5.02 Å². The summed E-state index contributed by atoms with van der Waals surface area (Å²) >= 11 is 6.24. The van der Waals surface area contributed by atoms with Crippen LogP contribution in [0.25, 0.3) is 0 Å². The molecule has 6 aliphatic heterocycles. The van der Waals surface area contributed by atoms with Gasteiger partial charge in [0, 0.05) is 76.1 Å². The van der Waals surface area contributed by atoms with Crippen LogP contribution < -0.4 is 26.2 Å². The van der Waals surface area contributed by atoms with Crippen LogP contribution in [0.15, 0.2) is 84.6 Å². The van der Waals surface area contributed by atoms with Crippen LogP contribution in [0.4, 0.5) is 5.69 Å². The number of benzene rings is 2. The van der Waals surface area contributed by atoms with Gasteiger partial charge in [-0.3, -0.25) is 39.1 Å². The number of halogens is 1. The van der Waals surface area contributed by atoms with Crippen LogP contribution in [0, 0.1) is 23.2 Å². The molecule has 5 fully saturated rings. The minimum absolute atomic E-state index is 0.106. The van der Waals surface area contributed by atoms with E-state index < -0.39 is 29.7 Å². The molecule has 4 N–H and O–H groups in total. The molecule has 64 heavy (non-hydrogen) atoms. The summed E-state index contributed by atoms with van der Waals surface area (Å²) in [6.45, 7) is 6.95. The lowest BCUT2D eigenvalue weighted by Crippen LogP contribution is -2.54. The van der Waals surface area contributed by atoms with Crippen molar-refractivity contribution >= 4 is 46.8 Å². The first-order chi connectivity index (χ1) is 31.0. The predicted octanol–water partition coefficient (Wildman–Crippen LogP) is 3.95. The first kappa shape index (κ1) is 43.0. The van der Waals surface area contributed by atoms with E-state index in [9.17, 15) is 29.2 Å². The van der Waals surface area contributed by atoms with Gasteiger partial charge in [-0.1, -0.05) is 23.8 Å². The van der Waals surface area contributed by atoms with Gasteiger partial charge in [-0.05, 0) is 105 Å². The molecule has 5 amide bonds. The predicted molar refractivity (Wildman–Crippen MR) is 236 cm³/mol. The Labute approximate surface area is 376 Å². The maximum atomic E-state index is 13.4. The summed E-state index contributed by atoms with van der Waals surface area (Å²) in [6, 6.07) is 13.0. The average Bonchev–Trinajstić information content (AvgIpc) is 3.98. The number of allylic oxidation sites excluding steroid dienone is 4. The highest BCUT2D eigenvalue weighted by Crippen LogP contribution is 2.43. The molecule has 2 aromatic rings. The van der Waals surface area contributed by atoms with Crippen molar-refractivity contribution in [3.8, 4) is 11.8 Å². The number of hydroxylamine groups is 1. The molecule has 0 aromatic heterocycles. The fourth-order valence-corrected chi connectivity index (χ4v) is 10.9. The Balaban J connectivity index is 0.000000516. The Morgan fingerprint density at radius 3 is 2.27 bits per heavy atom. The van der Waals surface area contributed by atoms with Gasteiger partial charge in [-0.15, -0.1) is 0 Å². The number of nitrogens with two attached hydrogens (primary N) is 1. The smallest absolute Gasteiger partial charge is 0.268 e. The lowest BCUT2D eigenvalue weighted by atomic mass is 9.91. The number of rotatable bonds is 8. The van der Waals surface area contributed by atoms with E-state index in [1.807, 2.05) is 18.2 Å². The first-order valence-corrected chi connectivity index (χ1v) is 22.6. The lowest BCUT2D eigenvalue weighted by molar-refractivity contribution is -0.136. The van der Waals surface area contributed by atoms with Gasteiger partial charge in [0.1, 0.15) is 35.6 Å². The van der Waals surface area contributed by atoms with E-state index in [4.69, 9.17) is 22.1 Å². The largest absolute Gasteiger partial charge is 0.490 e. The molecule has 2 aliphatic carbocycles. The van der Waals surface area contributed by atoms with Crippen molar-refractivity contribution in [2.45, 2.75) is 75.6 Å². The Kier molecular flexibility index (Phi) is 12.4. The molecule has 0 bridgehead atoms. The topological polar surface area (TPSA) is 194 Å². The second kappa shape index (κ2) is 18.4. The van der Waals surface area contributed by atoms with E-state index in [2.05, 4.69) is 59.5 Å². The molecule has 16 nitrogen and oxygen atoms in total. The molecule has 8 aliphatic rings. The van der Waals surface area contributed by atoms with Crippen LogP contribution in [-0.4, -0.2) is 119 Å². The molecule has 3 saturated heterocycles. The third-order valence-corrected chi connectivity index (χ3v) is 14.3. The zero-order chi connectivity index (χ0) is 44.5. The van der Waals surface area contributed by atoms with Crippen molar-refractivity contribution in [3.05, 3.63) is 106 Å². The van der Waals surface area contributed by atoms with Gasteiger partial charge in [0.05, 0.1) is 27.8 Å². The maximum Gasteiger partial charge on any atom is 0.268 e. The summed E-state index contributed by atoms with van der Waals surface area (Å²) in [7, 11) is 0. The number of nitriles is 1. The molecule has 0 radical (unpaired) electrons. The molecule has 0 spiro atoms. The number of nitrogens with zero attached hydrogens (tertiary/aromatic N) is 6. The molecule has 334 valence electrons. The normalized spacial score (nSPS) is 27.6. The highest BCUT2D eigenvalue weighted by Gasteiger charge is 2.47. The van der Waals surface area contributed by atoms with Gasteiger partial charge in [-0.2, -0.15) is 5.26 Å². The SMILES string of the molecule is N#Cc1ccc(OC2CCC(N3CC=CC=C3N3CCN(C4C[C@@H]5CN(c6ccc7c(c6)C(=O)N(C6CCC(=O)NC6=O)C7=O)C[C@@H]5C4)CC3)CC2)cc1Cl.NC(=O)C1=CC=CON1. The lowest BCUT2D eigenvalue weighted by Gasteiger charge is -2.47. The van der Waals surface area contributed by atoms with Crippen molar-refractivity contribution in [2.24, 2.45) is 17.6 Å². The summed E-state index contributed by atoms with van der Waals surface area (Å²) in [4.78, 5) is 76.9. The van der Waals surface area contributed by atoms with Crippen LogP contribution in [0.5, 0.6) is 5.75 Å². The number of ether oxygens (including phenoxy) is 1. The van der Waals surface area contributed by atoms with Gasteiger partial charge in [0.25, 0.3) is 17.7 Å². The van der Waals surface area contributed by atoms with Gasteiger partial charge in [-0.25, -0.2) is 5.48 Å². The molecular weight excluding hydrogens is 838 g/mol. The van der Waals surface area contributed by atoms with Crippen LogP contribution in [0.1, 0.15) is 77.6 Å². The van der Waals surface area contributed by atoms with E-state index >= 15 is 0 Å². The van der Waals surface area contributed by atoms with Crippen LogP contribution in [0.3, 0.4) is 0 Å². The number of piperidine rings is 1. The molecule has 4 atom stereocenters. The number of carbonyl (C=O) groups excluding carboxylic acids is 5. The monoisotopic (exact) mass is 889 g/mol. The molecular formula is C47H52ClN9O7. The van der Waals surface area contributed by atoms with E-state index in [0.29, 0.717) is 45.6 Å². The number of fused-ring (bicyclic) bond motifs is 2. The number of imide groups is 2. The fourth-order valence-electron chi connectivity index (χ4n) is 10.7. The molecule has 2 saturated carbocycles. The molecule has 2 aromatic carbocycles. The third-order valence-electron chi connectivity index (χ3n) is 13.9. The minimum atomic E-state index is -0.955. The quantitative estimate of drug-likeness (QED) is 0.323. The highest BCUT2D eigenvalue weighted by molar-refractivity contribution is 6.31. The highest BCUT2D eigenvalue weighted by atomic mass is 35.5. The summed E-state index contributed by atoms with van der Waals surface area (Å²) in [6.07, 6.45) is 18.1. The molecule has 17 heteroatoms. The number of primary amides is 1. The summed E-state index contributed by atoms with van der Waals surface area (Å²) in [5.74, 6) is 0.831. The number of nitrogens with one attached hydrogen (secondary N) is 2. The third kappa shape index (κ3) is 8.79. The molecule has 2 unspecified atom stereocenters. The van der Waals surface area contributed by atoms with Crippen molar-refractivity contribution in [3.63, 3.8) is 0 Å². The van der Waals surface area contributed by atoms with E-state index in [-0.39, 0.29) is 30.5 Å². The number of amides is 5. The Morgan fingerprint density at radius 2 is 1.61 bits per heavy atom. The number of hydrogen-bond donors (Lipinski definition) is 3. The number of piperazine rings is 1. The summed E-state index contributed by atoms with van der Waals surface area (Å²) < 4.78 is 6.28.